The summed E-state index contributed by atoms with van der Waals surface area (Å²) in [4.78, 5) is 5.18. The summed E-state index contributed by atoms with van der Waals surface area (Å²) >= 11 is 5.52. The van der Waals surface area contributed by atoms with Gasteiger partial charge in [-0.1, -0.05) is 60.7 Å². The number of aromatic nitrogens is 1. The maximum absolute atomic E-state index is 10.3. The zero-order chi connectivity index (χ0) is 15.8. The molecule has 1 heterocycles. The Kier molecular flexibility index (Phi) is 3.56. The summed E-state index contributed by atoms with van der Waals surface area (Å²) in [5.74, 6) is 0. The number of pyridine rings is 1. The van der Waals surface area contributed by atoms with Gasteiger partial charge in [-0.3, -0.25) is 0 Å². The third-order valence-electron chi connectivity index (χ3n) is 4.32. The van der Waals surface area contributed by atoms with Crippen LogP contribution in [0.5, 0.6) is 0 Å². The van der Waals surface area contributed by atoms with E-state index >= 15 is 0 Å². The second kappa shape index (κ2) is 5.72. The van der Waals surface area contributed by atoms with Gasteiger partial charge in [0.25, 0.3) is 0 Å². The fourth-order valence-corrected chi connectivity index (χ4v) is 3.40. The molecule has 0 aliphatic heterocycles. The van der Waals surface area contributed by atoms with Gasteiger partial charge in [-0.2, -0.15) is 0 Å². The molecule has 0 unspecified atom stereocenters. The number of benzene rings is 2. The highest BCUT2D eigenvalue weighted by molar-refractivity contribution is 7.80. The molecule has 0 spiro atoms. The van der Waals surface area contributed by atoms with Crippen LogP contribution in [0.1, 0.15) is 22.9 Å². The van der Waals surface area contributed by atoms with E-state index in [0.29, 0.717) is 11.4 Å². The number of hydrogen-bond donors (Lipinski definition) is 2. The van der Waals surface area contributed by atoms with Crippen molar-refractivity contribution < 1.29 is 5.11 Å². The van der Waals surface area contributed by atoms with Crippen LogP contribution >= 0.6 is 12.2 Å². The van der Waals surface area contributed by atoms with Crippen LogP contribution in [0.15, 0.2) is 60.7 Å². The summed E-state index contributed by atoms with van der Waals surface area (Å²) < 4.78 is 0. The van der Waals surface area contributed by atoms with Crippen molar-refractivity contribution in [1.29, 1.82) is 0 Å². The smallest absolute Gasteiger partial charge is 0.125 e. The lowest BCUT2D eigenvalue weighted by molar-refractivity contribution is 0.151. The topological polar surface area (TPSA) is 45.1 Å². The molecule has 0 radical (unpaired) electrons. The van der Waals surface area contributed by atoms with Gasteiger partial charge in [0.1, 0.15) is 4.99 Å². The molecular weight excluding hydrogens is 304 g/mol. The van der Waals surface area contributed by atoms with Gasteiger partial charge in [0.05, 0.1) is 23.4 Å². The standard InChI is InChI=1S/C19H16N2OS/c22-17-11-13-6-1-3-7-14(13)18(17)21-19(23)16-10-9-12-5-2-4-8-15(12)20-16/h1-10,17-18,22H,11H2,(H,21,23)/t17-,18+/m1/s1. The van der Waals surface area contributed by atoms with Gasteiger partial charge in [-0.05, 0) is 23.3 Å². The largest absolute Gasteiger partial charge is 0.390 e. The summed E-state index contributed by atoms with van der Waals surface area (Å²) in [6, 6.07) is 19.8. The molecule has 1 aliphatic carbocycles. The van der Waals surface area contributed by atoms with E-state index in [0.717, 1.165) is 22.2 Å². The van der Waals surface area contributed by atoms with Crippen molar-refractivity contribution in [3.8, 4) is 0 Å². The Hall–Kier alpha value is -2.30. The third-order valence-corrected chi connectivity index (χ3v) is 4.65. The molecule has 0 fully saturated rings. The molecule has 0 amide bonds. The lowest BCUT2D eigenvalue weighted by Crippen LogP contribution is -2.33. The van der Waals surface area contributed by atoms with Gasteiger partial charge in [0.15, 0.2) is 0 Å². The molecule has 0 saturated heterocycles. The van der Waals surface area contributed by atoms with Crippen molar-refractivity contribution in [2.75, 3.05) is 0 Å². The van der Waals surface area contributed by atoms with Crippen LogP contribution in [0.4, 0.5) is 0 Å². The first kappa shape index (κ1) is 14.3. The number of para-hydroxylation sites is 1. The van der Waals surface area contributed by atoms with E-state index < -0.39 is 6.10 Å². The number of aliphatic hydroxyl groups is 1. The van der Waals surface area contributed by atoms with E-state index in [1.165, 1.54) is 5.56 Å². The SMILES string of the molecule is O[C@@H]1Cc2ccccc2[C@@H]1NC(=S)c1ccc2ccccc2n1. The number of aliphatic hydroxyl groups excluding tert-OH is 1. The number of nitrogens with zero attached hydrogens (tertiary/aromatic N) is 1. The molecule has 4 rings (SSSR count). The van der Waals surface area contributed by atoms with E-state index in [9.17, 15) is 5.11 Å². The molecule has 2 N–H and O–H groups in total. The molecule has 23 heavy (non-hydrogen) atoms. The molecule has 4 heteroatoms. The number of thiocarbonyl (C=S) groups is 1. The van der Waals surface area contributed by atoms with Gasteiger partial charge < -0.3 is 10.4 Å². The van der Waals surface area contributed by atoms with Crippen LogP contribution < -0.4 is 5.32 Å². The Morgan fingerprint density at radius 1 is 1.04 bits per heavy atom. The number of rotatable bonds is 2. The van der Waals surface area contributed by atoms with Crippen LogP contribution in [0.3, 0.4) is 0 Å². The molecule has 114 valence electrons. The van der Waals surface area contributed by atoms with Crippen molar-refractivity contribution >= 4 is 28.1 Å². The summed E-state index contributed by atoms with van der Waals surface area (Å²) in [5.41, 5.74) is 3.94. The summed E-state index contributed by atoms with van der Waals surface area (Å²) in [6.45, 7) is 0. The van der Waals surface area contributed by atoms with E-state index in [-0.39, 0.29) is 6.04 Å². The van der Waals surface area contributed by atoms with Crippen molar-refractivity contribution in [3.05, 3.63) is 77.5 Å². The zero-order valence-electron chi connectivity index (χ0n) is 12.4. The first-order valence-electron chi connectivity index (χ1n) is 7.65. The Bertz CT molecular complexity index is 893. The number of fused-ring (bicyclic) bond motifs is 2. The second-order valence-corrected chi connectivity index (χ2v) is 6.22. The maximum Gasteiger partial charge on any atom is 0.125 e. The highest BCUT2D eigenvalue weighted by Crippen LogP contribution is 2.31. The molecule has 3 aromatic rings. The monoisotopic (exact) mass is 320 g/mol. The first-order chi connectivity index (χ1) is 11.2. The zero-order valence-corrected chi connectivity index (χ0v) is 13.3. The van der Waals surface area contributed by atoms with Crippen LogP contribution in [0.25, 0.3) is 10.9 Å². The van der Waals surface area contributed by atoms with Gasteiger partial charge in [0.2, 0.25) is 0 Å². The molecule has 1 aromatic heterocycles. The minimum Gasteiger partial charge on any atom is -0.390 e. The van der Waals surface area contributed by atoms with Gasteiger partial charge in [0, 0.05) is 11.8 Å². The summed E-state index contributed by atoms with van der Waals surface area (Å²) in [6.07, 6.45) is 0.188. The number of nitrogens with one attached hydrogen (secondary N) is 1. The average molecular weight is 320 g/mol. The van der Waals surface area contributed by atoms with Gasteiger partial charge in [-0.15, -0.1) is 0 Å². The lowest BCUT2D eigenvalue weighted by atomic mass is 10.1. The summed E-state index contributed by atoms with van der Waals surface area (Å²) in [5, 5.41) is 14.7. The van der Waals surface area contributed by atoms with Crippen molar-refractivity contribution in [1.82, 2.24) is 10.3 Å². The highest BCUT2D eigenvalue weighted by atomic mass is 32.1. The molecule has 3 nitrogen and oxygen atoms in total. The fraction of sp³-hybridized carbons (Fsp3) is 0.158. The van der Waals surface area contributed by atoms with Gasteiger partial charge in [-0.25, -0.2) is 4.98 Å². The predicted octanol–water partition coefficient (Wildman–Crippen LogP) is 3.16. The Morgan fingerprint density at radius 2 is 1.83 bits per heavy atom. The van der Waals surface area contributed by atoms with E-state index in [2.05, 4.69) is 16.4 Å². The minimum absolute atomic E-state index is 0.174. The van der Waals surface area contributed by atoms with Crippen LogP contribution in [-0.2, 0) is 6.42 Å². The van der Waals surface area contributed by atoms with Crippen LogP contribution in [-0.4, -0.2) is 21.2 Å². The molecule has 0 saturated carbocycles. The average Bonchev–Trinajstić information content (AvgIpc) is 2.90. The fourth-order valence-electron chi connectivity index (χ4n) is 3.16. The van der Waals surface area contributed by atoms with Gasteiger partial charge >= 0.3 is 0 Å². The Labute approximate surface area is 140 Å². The van der Waals surface area contributed by atoms with Crippen molar-refractivity contribution in [3.63, 3.8) is 0 Å². The quantitative estimate of drug-likeness (QED) is 0.712. The normalized spacial score (nSPS) is 19.5. The third kappa shape index (κ3) is 2.60. The molecule has 2 atom stereocenters. The predicted molar refractivity (Wildman–Crippen MR) is 95.5 cm³/mol. The molecular formula is C19H16N2OS. The van der Waals surface area contributed by atoms with Crippen molar-refractivity contribution in [2.45, 2.75) is 18.6 Å². The lowest BCUT2D eigenvalue weighted by Gasteiger charge is -2.19. The number of hydrogen-bond acceptors (Lipinski definition) is 3. The molecule has 2 aromatic carbocycles. The highest BCUT2D eigenvalue weighted by Gasteiger charge is 2.31. The van der Waals surface area contributed by atoms with Crippen LogP contribution in [0, 0.1) is 0 Å². The first-order valence-corrected chi connectivity index (χ1v) is 8.06. The van der Waals surface area contributed by atoms with Crippen LogP contribution in [0.2, 0.25) is 0 Å². The van der Waals surface area contributed by atoms with Crippen molar-refractivity contribution in [2.24, 2.45) is 0 Å². The Balaban J connectivity index is 1.62. The van der Waals surface area contributed by atoms with E-state index in [4.69, 9.17) is 12.2 Å². The Morgan fingerprint density at radius 3 is 2.74 bits per heavy atom. The second-order valence-electron chi connectivity index (χ2n) is 5.81. The summed E-state index contributed by atoms with van der Waals surface area (Å²) in [7, 11) is 0. The minimum atomic E-state index is -0.467. The maximum atomic E-state index is 10.3. The van der Waals surface area contributed by atoms with E-state index in [1.807, 2.05) is 54.6 Å². The molecule has 0 bridgehead atoms. The molecule has 1 aliphatic rings. The van der Waals surface area contributed by atoms with E-state index in [1.54, 1.807) is 0 Å².